The first kappa shape index (κ1) is 18.8. The lowest BCUT2D eigenvalue weighted by molar-refractivity contribution is -0.131. The second kappa shape index (κ2) is 8.20. The number of carbonyl (C=O) groups is 2. The van der Waals surface area contributed by atoms with Crippen LogP contribution in [0, 0.1) is 5.92 Å². The molecule has 0 bridgehead atoms. The zero-order valence-corrected chi connectivity index (χ0v) is 16.3. The van der Waals surface area contributed by atoms with Gasteiger partial charge in [0.25, 0.3) is 0 Å². The van der Waals surface area contributed by atoms with Crippen molar-refractivity contribution in [2.75, 3.05) is 21.7 Å². The van der Waals surface area contributed by atoms with E-state index in [2.05, 4.69) is 10.3 Å². The average Bonchev–Trinajstić information content (AvgIpc) is 2.76. The summed E-state index contributed by atoms with van der Waals surface area (Å²) in [7, 11) is 0. The number of thiocarbonyl (C=S) groups is 1. The molecule has 3 aromatic rings. The van der Waals surface area contributed by atoms with E-state index in [1.165, 1.54) is 9.80 Å². The summed E-state index contributed by atoms with van der Waals surface area (Å²) in [5.74, 6) is -1.30. The molecule has 2 heterocycles. The number of pyridine rings is 1. The zero-order chi connectivity index (χ0) is 20.2. The molecule has 6 nitrogen and oxygen atoms in total. The standard InChI is InChI=1S/C22H18N4O2S/c27-20-18(15-24-16-9-3-1-4-10-16)21(28)26(19-13-7-8-14-23-19)22(29)25(20)17-11-5-2-6-12-17/h1-14,18,24H,15H2. The second-order valence-corrected chi connectivity index (χ2v) is 6.82. The molecule has 1 aromatic heterocycles. The van der Waals surface area contributed by atoms with Crippen molar-refractivity contribution in [2.24, 2.45) is 5.92 Å². The lowest BCUT2D eigenvalue weighted by Gasteiger charge is -2.38. The molecule has 4 rings (SSSR count). The van der Waals surface area contributed by atoms with Gasteiger partial charge in [0.15, 0.2) is 5.11 Å². The fourth-order valence-electron chi connectivity index (χ4n) is 3.17. The van der Waals surface area contributed by atoms with Gasteiger partial charge in [-0.25, -0.2) is 9.88 Å². The number of amides is 2. The topological polar surface area (TPSA) is 65.5 Å². The van der Waals surface area contributed by atoms with Gasteiger partial charge in [-0.2, -0.15) is 0 Å². The molecule has 2 amide bonds. The Morgan fingerprint density at radius 2 is 1.45 bits per heavy atom. The first-order valence-corrected chi connectivity index (χ1v) is 9.54. The Morgan fingerprint density at radius 3 is 2.10 bits per heavy atom. The number of carbonyl (C=O) groups excluding carboxylic acids is 2. The minimum absolute atomic E-state index is 0.0980. The summed E-state index contributed by atoms with van der Waals surface area (Å²) >= 11 is 5.55. The lowest BCUT2D eigenvalue weighted by Crippen LogP contribution is -2.61. The van der Waals surface area contributed by atoms with Gasteiger partial charge >= 0.3 is 0 Å². The van der Waals surface area contributed by atoms with E-state index in [1.54, 1.807) is 36.5 Å². The Hall–Kier alpha value is -3.58. The first-order chi connectivity index (χ1) is 14.2. The van der Waals surface area contributed by atoms with Gasteiger partial charge in [-0.1, -0.05) is 42.5 Å². The van der Waals surface area contributed by atoms with Gasteiger partial charge in [0.1, 0.15) is 11.7 Å². The summed E-state index contributed by atoms with van der Waals surface area (Å²) in [5.41, 5.74) is 1.44. The van der Waals surface area contributed by atoms with Gasteiger partial charge in [0.2, 0.25) is 11.8 Å². The van der Waals surface area contributed by atoms with E-state index in [9.17, 15) is 9.59 Å². The summed E-state index contributed by atoms with van der Waals surface area (Å²) < 4.78 is 0. The van der Waals surface area contributed by atoms with Crippen LogP contribution in [0.3, 0.4) is 0 Å². The number of para-hydroxylation sites is 2. The van der Waals surface area contributed by atoms with Crippen LogP contribution in [-0.4, -0.2) is 28.5 Å². The highest BCUT2D eigenvalue weighted by molar-refractivity contribution is 7.81. The highest BCUT2D eigenvalue weighted by Gasteiger charge is 2.45. The van der Waals surface area contributed by atoms with Crippen LogP contribution in [0.25, 0.3) is 0 Å². The van der Waals surface area contributed by atoms with Crippen LogP contribution < -0.4 is 15.1 Å². The molecule has 1 saturated heterocycles. The molecule has 1 atom stereocenters. The fraction of sp³-hybridized carbons (Fsp3) is 0.0909. The second-order valence-electron chi connectivity index (χ2n) is 6.45. The Balaban J connectivity index is 1.70. The molecule has 2 aromatic carbocycles. The number of benzene rings is 2. The number of aromatic nitrogens is 1. The summed E-state index contributed by atoms with van der Waals surface area (Å²) in [6.07, 6.45) is 1.59. The van der Waals surface area contributed by atoms with E-state index in [1.807, 2.05) is 48.5 Å². The van der Waals surface area contributed by atoms with Crippen LogP contribution in [0.15, 0.2) is 85.1 Å². The van der Waals surface area contributed by atoms with Crippen LogP contribution >= 0.6 is 12.2 Å². The number of nitrogens with zero attached hydrogens (tertiary/aromatic N) is 3. The van der Waals surface area contributed by atoms with Gasteiger partial charge < -0.3 is 5.32 Å². The zero-order valence-electron chi connectivity index (χ0n) is 15.4. The van der Waals surface area contributed by atoms with E-state index >= 15 is 0 Å². The van der Waals surface area contributed by atoms with Crippen molar-refractivity contribution in [3.05, 3.63) is 85.1 Å². The monoisotopic (exact) mass is 402 g/mol. The molecule has 0 aliphatic carbocycles. The maximum atomic E-state index is 13.3. The smallest absolute Gasteiger partial charge is 0.248 e. The quantitative estimate of drug-likeness (QED) is 0.523. The molecule has 1 aliphatic heterocycles. The van der Waals surface area contributed by atoms with E-state index in [0.29, 0.717) is 11.5 Å². The van der Waals surface area contributed by atoms with Gasteiger partial charge in [0, 0.05) is 18.4 Å². The lowest BCUT2D eigenvalue weighted by atomic mass is 10.0. The Bertz CT molecular complexity index is 967. The van der Waals surface area contributed by atoms with Crippen LogP contribution in [0.1, 0.15) is 0 Å². The normalized spacial score (nSPS) is 16.8. The number of hydrogen-bond donors (Lipinski definition) is 1. The predicted octanol–water partition coefficient (Wildman–Crippen LogP) is 3.47. The third-order valence-corrected chi connectivity index (χ3v) is 4.96. The maximum Gasteiger partial charge on any atom is 0.248 e. The molecular weight excluding hydrogens is 384 g/mol. The highest BCUT2D eigenvalue weighted by Crippen LogP contribution is 2.28. The molecule has 7 heteroatoms. The highest BCUT2D eigenvalue weighted by atomic mass is 32.1. The molecule has 0 radical (unpaired) electrons. The Labute approximate surface area is 173 Å². The van der Waals surface area contributed by atoms with Gasteiger partial charge in [-0.15, -0.1) is 0 Å². The van der Waals surface area contributed by atoms with Gasteiger partial charge in [0.05, 0.1) is 5.69 Å². The van der Waals surface area contributed by atoms with E-state index in [-0.39, 0.29) is 17.6 Å². The van der Waals surface area contributed by atoms with Crippen molar-refractivity contribution in [2.45, 2.75) is 0 Å². The van der Waals surface area contributed by atoms with Gasteiger partial charge in [-0.05, 0) is 48.6 Å². The summed E-state index contributed by atoms with van der Waals surface area (Å²) in [6, 6.07) is 23.8. The molecule has 0 spiro atoms. The van der Waals surface area contributed by atoms with E-state index in [4.69, 9.17) is 12.2 Å². The van der Waals surface area contributed by atoms with Gasteiger partial charge in [-0.3, -0.25) is 14.5 Å². The molecule has 1 unspecified atom stereocenters. The van der Waals surface area contributed by atoms with Crippen molar-refractivity contribution in [3.8, 4) is 0 Å². The number of nitrogens with one attached hydrogen (secondary N) is 1. The molecule has 0 saturated carbocycles. The predicted molar refractivity (Wildman–Crippen MR) is 117 cm³/mol. The van der Waals surface area contributed by atoms with Crippen molar-refractivity contribution >= 4 is 46.3 Å². The minimum atomic E-state index is -0.941. The van der Waals surface area contributed by atoms with Crippen LogP contribution in [0.2, 0.25) is 0 Å². The van der Waals surface area contributed by atoms with Crippen LogP contribution in [0.5, 0.6) is 0 Å². The summed E-state index contributed by atoms with van der Waals surface area (Å²) in [5, 5.41) is 3.27. The SMILES string of the molecule is O=C1C(CNc2ccccc2)C(=O)N(c2ccccn2)C(=S)N1c1ccccc1. The summed E-state index contributed by atoms with van der Waals surface area (Å²) in [4.78, 5) is 33.5. The Morgan fingerprint density at radius 1 is 0.828 bits per heavy atom. The third kappa shape index (κ3) is 3.72. The molecule has 1 fully saturated rings. The van der Waals surface area contributed by atoms with E-state index in [0.717, 1.165) is 5.69 Å². The van der Waals surface area contributed by atoms with Crippen molar-refractivity contribution in [1.82, 2.24) is 4.98 Å². The molecule has 1 aliphatic rings. The average molecular weight is 402 g/mol. The molecule has 1 N–H and O–H groups in total. The number of rotatable bonds is 5. The van der Waals surface area contributed by atoms with Crippen molar-refractivity contribution < 1.29 is 9.59 Å². The third-order valence-electron chi connectivity index (χ3n) is 4.60. The molecular formula is C22H18N4O2S. The van der Waals surface area contributed by atoms with Crippen LogP contribution in [-0.2, 0) is 9.59 Å². The largest absolute Gasteiger partial charge is 0.384 e. The van der Waals surface area contributed by atoms with Crippen molar-refractivity contribution in [3.63, 3.8) is 0 Å². The molecule has 29 heavy (non-hydrogen) atoms. The fourth-order valence-corrected chi connectivity index (χ4v) is 3.55. The van der Waals surface area contributed by atoms with Crippen molar-refractivity contribution in [1.29, 1.82) is 0 Å². The minimum Gasteiger partial charge on any atom is -0.384 e. The molecule has 144 valence electrons. The Kier molecular flexibility index (Phi) is 5.31. The number of hydrogen-bond acceptors (Lipinski definition) is 5. The maximum absolute atomic E-state index is 13.3. The summed E-state index contributed by atoms with van der Waals surface area (Å²) in [6.45, 7) is 0.150. The first-order valence-electron chi connectivity index (χ1n) is 9.14. The van der Waals surface area contributed by atoms with Crippen LogP contribution in [0.4, 0.5) is 17.2 Å². The number of anilines is 3. The van der Waals surface area contributed by atoms with E-state index < -0.39 is 11.8 Å².